The number of benzene rings is 2. The maximum Gasteiger partial charge on any atom is 1.00 e. The maximum atomic E-state index is 10.8. The Hall–Kier alpha value is -3.82. The lowest BCUT2D eigenvalue weighted by Crippen LogP contribution is -2.02. The molecule has 2 aromatic rings. The number of nitrogens with two attached hydrogens (primary N) is 1. The van der Waals surface area contributed by atoms with Gasteiger partial charge >= 0.3 is 13.4 Å². The highest BCUT2D eigenvalue weighted by atomic mass is 16.6. The van der Waals surface area contributed by atoms with E-state index in [0.29, 0.717) is 11.4 Å². The van der Waals surface area contributed by atoms with Gasteiger partial charge in [-0.3, -0.25) is 10.1 Å². The molecule has 2 aromatic carbocycles. The van der Waals surface area contributed by atoms with Gasteiger partial charge in [0.05, 0.1) is 28.8 Å². The molecule has 2 rings (SSSR count). The molecule has 10 nitrogen and oxygen atoms in total. The lowest BCUT2D eigenvalue weighted by atomic mass is 10.2. The number of hydrogen-bond donors (Lipinski definition) is 3. The van der Waals surface area contributed by atoms with Crippen molar-refractivity contribution in [3.8, 4) is 11.5 Å². The molecule has 0 aromatic heterocycles. The number of aromatic carboxylic acids is 2. The van der Waals surface area contributed by atoms with E-state index in [9.17, 15) is 24.8 Å². The van der Waals surface area contributed by atoms with E-state index in [1.165, 1.54) is 25.3 Å². The van der Waals surface area contributed by atoms with E-state index in [-0.39, 0.29) is 12.6 Å². The van der Waals surface area contributed by atoms with Crippen LogP contribution in [0.15, 0.2) is 36.4 Å². The second-order valence-electron chi connectivity index (χ2n) is 4.51. The third kappa shape index (κ3) is 5.10. The fourth-order valence-corrected chi connectivity index (χ4v) is 1.64. The van der Waals surface area contributed by atoms with Crippen molar-refractivity contribution in [1.82, 2.24) is 0 Å². The van der Waals surface area contributed by atoms with Gasteiger partial charge in [-0.1, -0.05) is 6.07 Å². The standard InChI is InChI=1S/C8H9NO3.C7H5NO5/c1-12-7-4-5(8(10)11)2-3-6(7)9;9-6-2-1-4(7(10)11)3-5(6)8(12)13/h2-4H,9H2,1H3,(H,10,11);1-3,9H,(H,10,11). The molecular formula is C15H14N2O8. The van der Waals surface area contributed by atoms with Gasteiger partial charge in [-0.15, -0.1) is 0 Å². The Kier molecular flexibility index (Phi) is 6.27. The van der Waals surface area contributed by atoms with Gasteiger partial charge < -0.3 is 25.8 Å². The number of rotatable bonds is 4. The summed E-state index contributed by atoms with van der Waals surface area (Å²) in [7, 11) is 1.44. The monoisotopic (exact) mass is 350 g/mol. The first-order valence-corrected chi connectivity index (χ1v) is 6.53. The lowest BCUT2D eigenvalue weighted by molar-refractivity contribution is -0.398. The minimum Gasteiger partial charge on any atom is -0.868 e. The van der Waals surface area contributed by atoms with Crippen LogP contribution in [0.3, 0.4) is 0 Å². The molecule has 0 aliphatic heterocycles. The number of methoxy groups -OCH3 is 1. The topological polar surface area (TPSA) is 176 Å². The van der Waals surface area contributed by atoms with Gasteiger partial charge in [0.15, 0.2) is 0 Å². The summed E-state index contributed by atoms with van der Waals surface area (Å²) in [5.74, 6) is -2.71. The molecule has 0 atom stereocenters. The number of carbonyl (C=O) groups is 2. The summed E-state index contributed by atoms with van der Waals surface area (Å²) >= 11 is 0. The SMILES string of the molecule is COc1cc(C(=O)O)ccc1N.O=C(O)c1ccc([O-])c([N+](=O)[O-])c1.[H+]. The summed E-state index contributed by atoms with van der Waals surface area (Å²) in [6, 6.07) is 6.95. The van der Waals surface area contributed by atoms with Crippen LogP contribution in [0.2, 0.25) is 0 Å². The Morgan fingerprint density at radius 1 is 1.12 bits per heavy atom. The van der Waals surface area contributed by atoms with Crippen molar-refractivity contribution in [3.05, 3.63) is 57.6 Å². The first-order chi connectivity index (χ1) is 11.7. The molecule has 0 saturated carbocycles. The number of nitro groups is 1. The summed E-state index contributed by atoms with van der Waals surface area (Å²) in [6.45, 7) is 0. The van der Waals surface area contributed by atoms with Crippen LogP contribution in [0, 0.1) is 10.1 Å². The average Bonchev–Trinajstić information content (AvgIpc) is 2.55. The minimum atomic E-state index is -1.30. The fourth-order valence-electron chi connectivity index (χ4n) is 1.64. The first kappa shape index (κ1) is 19.2. The van der Waals surface area contributed by atoms with Crippen LogP contribution >= 0.6 is 0 Å². The van der Waals surface area contributed by atoms with E-state index in [4.69, 9.17) is 20.7 Å². The van der Waals surface area contributed by atoms with Crippen molar-refractivity contribution >= 4 is 23.3 Å². The molecule has 0 radical (unpaired) electrons. The van der Waals surface area contributed by atoms with Crippen LogP contribution < -0.4 is 15.6 Å². The Morgan fingerprint density at radius 2 is 1.64 bits per heavy atom. The van der Waals surface area contributed by atoms with Gasteiger partial charge in [0.2, 0.25) is 0 Å². The molecule has 132 valence electrons. The van der Waals surface area contributed by atoms with Gasteiger partial charge in [-0.05, 0) is 30.0 Å². The summed E-state index contributed by atoms with van der Waals surface area (Å²) in [6.07, 6.45) is 0. The number of ether oxygens (including phenoxy) is 1. The number of carboxylic acid groups (broad SMARTS) is 2. The van der Waals surface area contributed by atoms with E-state index < -0.39 is 28.3 Å². The third-order valence-corrected chi connectivity index (χ3v) is 2.88. The molecule has 0 aliphatic carbocycles. The van der Waals surface area contributed by atoms with Crippen molar-refractivity contribution in [2.75, 3.05) is 12.8 Å². The Bertz CT molecular complexity index is 825. The second-order valence-corrected chi connectivity index (χ2v) is 4.51. The van der Waals surface area contributed by atoms with Crippen LogP contribution in [0.5, 0.6) is 11.5 Å². The highest BCUT2D eigenvalue weighted by Crippen LogP contribution is 2.23. The molecule has 0 spiro atoms. The molecule has 0 fully saturated rings. The first-order valence-electron chi connectivity index (χ1n) is 6.53. The lowest BCUT2D eigenvalue weighted by Gasteiger charge is -2.05. The van der Waals surface area contributed by atoms with Crippen LogP contribution in [0.4, 0.5) is 11.4 Å². The number of carboxylic acids is 2. The number of anilines is 1. The van der Waals surface area contributed by atoms with Crippen molar-refractivity contribution in [2.24, 2.45) is 0 Å². The van der Waals surface area contributed by atoms with E-state index in [2.05, 4.69) is 0 Å². The zero-order valence-electron chi connectivity index (χ0n) is 13.8. The van der Waals surface area contributed by atoms with Gasteiger partial charge in [0.25, 0.3) is 5.69 Å². The Labute approximate surface area is 142 Å². The minimum absolute atomic E-state index is 0. The van der Waals surface area contributed by atoms with E-state index in [0.717, 1.165) is 18.2 Å². The molecule has 0 aliphatic rings. The predicted octanol–water partition coefficient (Wildman–Crippen LogP) is 1.45. The zero-order valence-corrected chi connectivity index (χ0v) is 12.8. The van der Waals surface area contributed by atoms with Gasteiger partial charge in [0.1, 0.15) is 5.75 Å². The number of nitrogen functional groups attached to an aromatic ring is 1. The molecule has 0 bridgehead atoms. The third-order valence-electron chi connectivity index (χ3n) is 2.88. The van der Waals surface area contributed by atoms with Crippen molar-refractivity contribution < 1.29 is 36.0 Å². The quantitative estimate of drug-likeness (QED) is 0.418. The highest BCUT2D eigenvalue weighted by Gasteiger charge is 2.11. The van der Waals surface area contributed by atoms with Gasteiger partial charge in [-0.25, -0.2) is 9.59 Å². The van der Waals surface area contributed by atoms with Crippen LogP contribution in [-0.2, 0) is 0 Å². The molecule has 0 unspecified atom stereocenters. The van der Waals surface area contributed by atoms with E-state index in [1.807, 2.05) is 0 Å². The van der Waals surface area contributed by atoms with Crippen LogP contribution in [-0.4, -0.2) is 34.2 Å². The smallest absolute Gasteiger partial charge is 0.868 e. The zero-order chi connectivity index (χ0) is 19.1. The van der Waals surface area contributed by atoms with Crippen LogP contribution in [0.25, 0.3) is 0 Å². The molecule has 25 heavy (non-hydrogen) atoms. The summed E-state index contributed by atoms with van der Waals surface area (Å²) in [5, 5.41) is 38.1. The number of hydrogen-bond acceptors (Lipinski definition) is 7. The molecule has 0 amide bonds. The Morgan fingerprint density at radius 3 is 2.12 bits per heavy atom. The average molecular weight is 350 g/mol. The number of nitro benzene ring substituents is 1. The van der Waals surface area contributed by atoms with Crippen LogP contribution in [0.1, 0.15) is 22.1 Å². The predicted molar refractivity (Wildman–Crippen MR) is 85.0 cm³/mol. The fraction of sp³-hybridized carbons (Fsp3) is 0.0667. The summed E-state index contributed by atoms with van der Waals surface area (Å²) in [5.41, 5.74) is 5.09. The molecular weight excluding hydrogens is 336 g/mol. The molecule has 0 saturated heterocycles. The largest absolute Gasteiger partial charge is 1.00 e. The van der Waals surface area contributed by atoms with Crippen molar-refractivity contribution in [2.45, 2.75) is 0 Å². The molecule has 4 N–H and O–H groups in total. The summed E-state index contributed by atoms with van der Waals surface area (Å²) in [4.78, 5) is 30.1. The van der Waals surface area contributed by atoms with E-state index in [1.54, 1.807) is 0 Å². The Balaban J connectivity index is 0.000000464. The van der Waals surface area contributed by atoms with Crippen molar-refractivity contribution in [1.29, 1.82) is 0 Å². The second kappa shape index (κ2) is 8.15. The normalized spacial score (nSPS) is 9.48. The molecule has 10 heteroatoms. The van der Waals surface area contributed by atoms with Crippen molar-refractivity contribution in [3.63, 3.8) is 0 Å². The van der Waals surface area contributed by atoms with Gasteiger partial charge in [-0.2, -0.15) is 0 Å². The summed E-state index contributed by atoms with van der Waals surface area (Å²) < 4.78 is 4.85. The number of nitrogens with zero attached hydrogens (tertiary/aromatic N) is 1. The highest BCUT2D eigenvalue weighted by molar-refractivity contribution is 5.89. The van der Waals surface area contributed by atoms with E-state index >= 15 is 0 Å². The van der Waals surface area contributed by atoms with Gasteiger partial charge in [0, 0.05) is 6.07 Å². The molecule has 0 heterocycles. The maximum absolute atomic E-state index is 10.8.